The fraction of sp³-hybridized carbons (Fsp3) is 0.381. The van der Waals surface area contributed by atoms with Gasteiger partial charge in [0.15, 0.2) is 0 Å². The first kappa shape index (κ1) is 21.0. The van der Waals surface area contributed by atoms with E-state index in [1.165, 1.54) is 18.6 Å². The zero-order valence-electron chi connectivity index (χ0n) is 15.9. The summed E-state index contributed by atoms with van der Waals surface area (Å²) in [6, 6.07) is 13.5. The van der Waals surface area contributed by atoms with Gasteiger partial charge in [0, 0.05) is 28.3 Å². The van der Waals surface area contributed by atoms with E-state index in [9.17, 15) is 13.2 Å². The molecule has 28 heavy (non-hydrogen) atoms. The van der Waals surface area contributed by atoms with Gasteiger partial charge in [-0.3, -0.25) is 4.79 Å². The smallest absolute Gasteiger partial charge is 0.255 e. The molecule has 1 aliphatic rings. The minimum absolute atomic E-state index is 0.0733. The number of hydrogen-bond donors (Lipinski definition) is 1. The Hall–Kier alpha value is -1.70. The van der Waals surface area contributed by atoms with Crippen LogP contribution < -0.4 is 5.32 Å². The van der Waals surface area contributed by atoms with Crippen molar-refractivity contribution in [2.24, 2.45) is 0 Å². The van der Waals surface area contributed by atoms with E-state index in [-0.39, 0.29) is 16.8 Å². The summed E-state index contributed by atoms with van der Waals surface area (Å²) in [5.74, 6) is -0.272. The molecule has 2 aromatic rings. The molecule has 0 aromatic heterocycles. The minimum Gasteiger partial charge on any atom is -0.322 e. The highest BCUT2D eigenvalue weighted by Crippen LogP contribution is 2.27. The van der Waals surface area contributed by atoms with Crippen LogP contribution in [0.1, 0.15) is 49.4 Å². The van der Waals surface area contributed by atoms with E-state index in [1.807, 2.05) is 19.1 Å². The van der Waals surface area contributed by atoms with Gasteiger partial charge in [-0.25, -0.2) is 8.42 Å². The highest BCUT2D eigenvalue weighted by atomic mass is 79.9. The number of hydrogen-bond acceptors (Lipinski definition) is 3. The number of anilines is 1. The van der Waals surface area contributed by atoms with Crippen molar-refractivity contribution >= 4 is 37.5 Å². The predicted molar refractivity (Wildman–Crippen MR) is 115 cm³/mol. The zero-order valence-corrected chi connectivity index (χ0v) is 18.3. The van der Waals surface area contributed by atoms with E-state index < -0.39 is 10.0 Å². The van der Waals surface area contributed by atoms with Crippen molar-refractivity contribution in [1.29, 1.82) is 0 Å². The third-order valence-electron chi connectivity index (χ3n) is 5.12. The maximum atomic E-state index is 13.1. The topological polar surface area (TPSA) is 66.5 Å². The molecule has 0 aliphatic heterocycles. The molecule has 7 heteroatoms. The van der Waals surface area contributed by atoms with Crippen LogP contribution in [0.4, 0.5) is 5.69 Å². The molecule has 2 aromatic carbocycles. The molecule has 0 atom stereocenters. The second-order valence-electron chi connectivity index (χ2n) is 6.99. The average Bonchev–Trinajstić information content (AvgIpc) is 2.71. The lowest BCUT2D eigenvalue weighted by Gasteiger charge is -2.32. The largest absolute Gasteiger partial charge is 0.322 e. The molecule has 1 fully saturated rings. The zero-order chi connectivity index (χ0) is 20.1. The lowest BCUT2D eigenvalue weighted by molar-refractivity contribution is 0.102. The van der Waals surface area contributed by atoms with Crippen molar-refractivity contribution in [3.63, 3.8) is 0 Å². The van der Waals surface area contributed by atoms with Gasteiger partial charge in [0.05, 0.1) is 4.90 Å². The first-order chi connectivity index (χ1) is 13.4. The van der Waals surface area contributed by atoms with E-state index in [0.717, 1.165) is 30.2 Å². The molecule has 1 amide bonds. The van der Waals surface area contributed by atoms with Gasteiger partial charge >= 0.3 is 0 Å². The SMILES string of the molecule is CCN(C1CCCCC1)S(=O)(=O)c1ccc(C(=O)Nc2ccc(Br)cc2)cc1. The van der Waals surface area contributed by atoms with Gasteiger partial charge in [0.25, 0.3) is 5.91 Å². The third kappa shape index (κ3) is 4.82. The van der Waals surface area contributed by atoms with Crippen LogP contribution in [0.5, 0.6) is 0 Å². The Morgan fingerprint density at radius 3 is 2.21 bits per heavy atom. The van der Waals surface area contributed by atoms with Crippen LogP contribution in [0.25, 0.3) is 0 Å². The molecule has 150 valence electrons. The summed E-state index contributed by atoms with van der Waals surface area (Å²) in [6.45, 7) is 2.34. The Bertz CT molecular complexity index is 906. The highest BCUT2D eigenvalue weighted by Gasteiger charge is 2.31. The molecule has 5 nitrogen and oxygen atoms in total. The predicted octanol–water partition coefficient (Wildman–Crippen LogP) is 5.04. The van der Waals surface area contributed by atoms with Crippen LogP contribution in [0.3, 0.4) is 0 Å². The van der Waals surface area contributed by atoms with Crippen molar-refractivity contribution < 1.29 is 13.2 Å². The molecule has 0 saturated heterocycles. The van der Waals surface area contributed by atoms with Gasteiger partial charge in [-0.15, -0.1) is 0 Å². The second kappa shape index (κ2) is 9.20. The standard InChI is InChI=1S/C21H25BrN2O3S/c1-2-24(19-6-4-3-5-7-19)28(26,27)20-14-8-16(9-15-20)21(25)23-18-12-10-17(22)11-13-18/h8-15,19H,2-7H2,1H3,(H,23,25). The van der Waals surface area contributed by atoms with Gasteiger partial charge in [-0.2, -0.15) is 4.31 Å². The lowest BCUT2D eigenvalue weighted by Crippen LogP contribution is -2.41. The van der Waals surface area contributed by atoms with E-state index in [2.05, 4.69) is 21.2 Å². The molecule has 0 unspecified atom stereocenters. The summed E-state index contributed by atoms with van der Waals surface area (Å²) in [7, 11) is -3.56. The highest BCUT2D eigenvalue weighted by molar-refractivity contribution is 9.10. The minimum atomic E-state index is -3.56. The van der Waals surface area contributed by atoms with Gasteiger partial charge in [-0.1, -0.05) is 42.1 Å². The van der Waals surface area contributed by atoms with Gasteiger partial charge in [0.2, 0.25) is 10.0 Å². The monoisotopic (exact) mass is 464 g/mol. The average molecular weight is 465 g/mol. The molecule has 1 aliphatic carbocycles. The molecular formula is C21H25BrN2O3S. The summed E-state index contributed by atoms with van der Waals surface area (Å²) in [6.07, 6.45) is 5.16. The van der Waals surface area contributed by atoms with Crippen LogP contribution in [0.15, 0.2) is 57.9 Å². The van der Waals surface area contributed by atoms with Gasteiger partial charge in [0.1, 0.15) is 0 Å². The number of carbonyl (C=O) groups excluding carboxylic acids is 1. The van der Waals surface area contributed by atoms with Crippen LogP contribution in [0, 0.1) is 0 Å². The number of nitrogens with one attached hydrogen (secondary N) is 1. The van der Waals surface area contributed by atoms with Crippen molar-refractivity contribution in [3.05, 3.63) is 58.6 Å². The Kier molecular flexibility index (Phi) is 6.91. The molecule has 1 N–H and O–H groups in total. The third-order valence-corrected chi connectivity index (χ3v) is 7.69. The Morgan fingerprint density at radius 2 is 1.64 bits per heavy atom. The number of amides is 1. The van der Waals surface area contributed by atoms with Crippen LogP contribution >= 0.6 is 15.9 Å². The summed E-state index contributed by atoms with van der Waals surface area (Å²) in [5.41, 5.74) is 1.10. The van der Waals surface area contributed by atoms with Crippen molar-refractivity contribution in [1.82, 2.24) is 4.31 Å². The maximum absolute atomic E-state index is 13.1. The molecule has 0 radical (unpaired) electrons. The second-order valence-corrected chi connectivity index (χ2v) is 9.79. The summed E-state index contributed by atoms with van der Waals surface area (Å²) in [5, 5.41) is 2.81. The van der Waals surface area contributed by atoms with Crippen LogP contribution in [-0.2, 0) is 10.0 Å². The summed E-state index contributed by atoms with van der Waals surface area (Å²) in [4.78, 5) is 12.7. The number of rotatable bonds is 6. The van der Waals surface area contributed by atoms with E-state index in [0.29, 0.717) is 17.8 Å². The fourth-order valence-corrected chi connectivity index (χ4v) is 5.60. The quantitative estimate of drug-likeness (QED) is 0.650. The number of nitrogens with zero attached hydrogens (tertiary/aromatic N) is 1. The van der Waals surface area contributed by atoms with E-state index in [4.69, 9.17) is 0 Å². The molecule has 1 saturated carbocycles. The lowest BCUT2D eigenvalue weighted by atomic mass is 9.95. The number of sulfonamides is 1. The van der Waals surface area contributed by atoms with E-state index >= 15 is 0 Å². The Labute approximate surface area is 175 Å². The molecule has 3 rings (SSSR count). The fourth-order valence-electron chi connectivity index (χ4n) is 3.64. The van der Waals surface area contributed by atoms with Gasteiger partial charge < -0.3 is 5.32 Å². The Morgan fingerprint density at radius 1 is 1.04 bits per heavy atom. The Balaban J connectivity index is 1.74. The molecule has 0 bridgehead atoms. The van der Waals surface area contributed by atoms with E-state index in [1.54, 1.807) is 28.6 Å². The van der Waals surface area contributed by atoms with Crippen LogP contribution in [-0.4, -0.2) is 31.2 Å². The van der Waals surface area contributed by atoms with Gasteiger partial charge in [-0.05, 0) is 61.4 Å². The normalized spacial score (nSPS) is 15.5. The van der Waals surface area contributed by atoms with Crippen molar-refractivity contribution in [2.45, 2.75) is 50.0 Å². The number of halogens is 1. The van der Waals surface area contributed by atoms with Crippen LogP contribution in [0.2, 0.25) is 0 Å². The molecular weight excluding hydrogens is 440 g/mol. The maximum Gasteiger partial charge on any atom is 0.255 e. The summed E-state index contributed by atoms with van der Waals surface area (Å²) < 4.78 is 28.7. The number of benzene rings is 2. The van der Waals surface area contributed by atoms with Crippen molar-refractivity contribution in [3.8, 4) is 0 Å². The molecule has 0 heterocycles. The van der Waals surface area contributed by atoms with Crippen molar-refractivity contribution in [2.75, 3.05) is 11.9 Å². The first-order valence-corrected chi connectivity index (χ1v) is 11.8. The molecule has 0 spiro atoms. The summed E-state index contributed by atoms with van der Waals surface area (Å²) >= 11 is 3.36. The first-order valence-electron chi connectivity index (χ1n) is 9.60. The number of carbonyl (C=O) groups is 1.